The smallest absolute Gasteiger partial charge is 0.255 e. The molecule has 0 bridgehead atoms. The van der Waals surface area contributed by atoms with Crippen molar-refractivity contribution in [3.8, 4) is 0 Å². The quantitative estimate of drug-likeness (QED) is 0.930. The zero-order valence-electron chi connectivity index (χ0n) is 12.4. The summed E-state index contributed by atoms with van der Waals surface area (Å²) in [4.78, 5) is 12.1. The van der Waals surface area contributed by atoms with Crippen LogP contribution in [0.5, 0.6) is 0 Å². The Bertz CT molecular complexity index is 852. The number of amides is 1. The fourth-order valence-corrected chi connectivity index (χ4v) is 2.74. The molecule has 2 rings (SSSR count). The van der Waals surface area contributed by atoms with E-state index in [9.17, 15) is 22.0 Å². The molecule has 0 aliphatic heterocycles. The average Bonchev–Trinajstić information content (AvgIpc) is 2.50. The van der Waals surface area contributed by atoms with E-state index in [0.717, 1.165) is 16.4 Å². The van der Waals surface area contributed by atoms with E-state index in [4.69, 9.17) is 0 Å². The van der Waals surface area contributed by atoms with Crippen molar-refractivity contribution in [2.75, 3.05) is 19.4 Å². The molecule has 23 heavy (non-hydrogen) atoms. The van der Waals surface area contributed by atoms with Crippen molar-refractivity contribution in [3.63, 3.8) is 0 Å². The van der Waals surface area contributed by atoms with Crippen molar-refractivity contribution in [3.05, 3.63) is 59.7 Å². The Kier molecular flexibility index (Phi) is 4.76. The molecular weight excluding hydrogens is 326 g/mol. The number of carbonyl (C=O) groups is 1. The van der Waals surface area contributed by atoms with E-state index in [-0.39, 0.29) is 16.1 Å². The molecule has 1 amide bonds. The maximum atomic E-state index is 13.5. The van der Waals surface area contributed by atoms with E-state index in [0.29, 0.717) is 6.07 Å². The van der Waals surface area contributed by atoms with Gasteiger partial charge in [-0.05, 0) is 30.3 Å². The van der Waals surface area contributed by atoms with Gasteiger partial charge >= 0.3 is 0 Å². The molecule has 0 saturated carbocycles. The molecule has 0 atom stereocenters. The zero-order valence-corrected chi connectivity index (χ0v) is 13.2. The SMILES string of the molecule is CN(C)S(=O)(=O)c1cccc(C(=O)Nc2ccc(F)cc2F)c1. The van der Waals surface area contributed by atoms with Gasteiger partial charge < -0.3 is 5.32 Å². The van der Waals surface area contributed by atoms with Crippen LogP contribution in [0.1, 0.15) is 10.4 Å². The van der Waals surface area contributed by atoms with Gasteiger partial charge in [0.2, 0.25) is 10.0 Å². The van der Waals surface area contributed by atoms with Gasteiger partial charge in [-0.1, -0.05) is 6.07 Å². The summed E-state index contributed by atoms with van der Waals surface area (Å²) in [5.74, 6) is -2.39. The van der Waals surface area contributed by atoms with Crippen LogP contribution < -0.4 is 5.32 Å². The van der Waals surface area contributed by atoms with Crippen molar-refractivity contribution in [2.45, 2.75) is 4.90 Å². The Balaban J connectivity index is 2.30. The Labute approximate surface area is 132 Å². The molecule has 0 spiro atoms. The molecule has 5 nitrogen and oxygen atoms in total. The minimum atomic E-state index is -3.69. The van der Waals surface area contributed by atoms with Crippen molar-refractivity contribution in [2.24, 2.45) is 0 Å². The molecule has 122 valence electrons. The van der Waals surface area contributed by atoms with E-state index in [1.807, 2.05) is 0 Å². The highest BCUT2D eigenvalue weighted by atomic mass is 32.2. The van der Waals surface area contributed by atoms with Crippen LogP contribution >= 0.6 is 0 Å². The number of carbonyl (C=O) groups excluding carboxylic acids is 1. The summed E-state index contributed by atoms with van der Waals surface area (Å²) in [5, 5.41) is 2.27. The van der Waals surface area contributed by atoms with E-state index < -0.39 is 27.6 Å². The predicted molar refractivity (Wildman–Crippen MR) is 81.6 cm³/mol. The third kappa shape index (κ3) is 3.72. The van der Waals surface area contributed by atoms with Gasteiger partial charge in [-0.15, -0.1) is 0 Å². The van der Waals surface area contributed by atoms with Crippen molar-refractivity contribution >= 4 is 21.6 Å². The molecule has 0 unspecified atom stereocenters. The fraction of sp³-hybridized carbons (Fsp3) is 0.133. The number of hydrogen-bond donors (Lipinski definition) is 1. The number of rotatable bonds is 4. The summed E-state index contributed by atoms with van der Waals surface area (Å²) >= 11 is 0. The zero-order chi connectivity index (χ0) is 17.2. The molecule has 0 aliphatic carbocycles. The van der Waals surface area contributed by atoms with Crippen LogP contribution in [-0.2, 0) is 10.0 Å². The Morgan fingerprint density at radius 2 is 1.78 bits per heavy atom. The summed E-state index contributed by atoms with van der Waals surface area (Å²) in [6, 6.07) is 8.07. The normalized spacial score (nSPS) is 11.5. The minimum Gasteiger partial charge on any atom is -0.319 e. The molecule has 2 aromatic carbocycles. The summed E-state index contributed by atoms with van der Waals surface area (Å²) < 4.78 is 51.5. The predicted octanol–water partition coefficient (Wildman–Crippen LogP) is 2.47. The number of nitrogens with zero attached hydrogens (tertiary/aromatic N) is 1. The van der Waals surface area contributed by atoms with Gasteiger partial charge in [-0.25, -0.2) is 21.5 Å². The number of nitrogens with one attached hydrogen (secondary N) is 1. The number of hydrogen-bond acceptors (Lipinski definition) is 3. The van der Waals surface area contributed by atoms with Crippen molar-refractivity contribution in [1.82, 2.24) is 4.31 Å². The number of anilines is 1. The number of sulfonamides is 1. The van der Waals surface area contributed by atoms with Gasteiger partial charge in [-0.2, -0.15) is 0 Å². The summed E-state index contributed by atoms with van der Waals surface area (Å²) in [7, 11) is -0.948. The third-order valence-electron chi connectivity index (χ3n) is 3.05. The summed E-state index contributed by atoms with van der Waals surface area (Å²) in [6.45, 7) is 0. The van der Waals surface area contributed by atoms with Gasteiger partial charge in [0.15, 0.2) is 0 Å². The second kappa shape index (κ2) is 6.43. The van der Waals surface area contributed by atoms with Crippen molar-refractivity contribution in [1.29, 1.82) is 0 Å². The van der Waals surface area contributed by atoms with Gasteiger partial charge in [0, 0.05) is 25.7 Å². The first-order valence-electron chi connectivity index (χ1n) is 6.51. The standard InChI is InChI=1S/C15H14F2N2O3S/c1-19(2)23(21,22)12-5-3-4-10(8-12)15(20)18-14-7-6-11(16)9-13(14)17/h3-9H,1-2H3,(H,18,20). The van der Waals surface area contributed by atoms with E-state index in [2.05, 4.69) is 5.32 Å². The maximum absolute atomic E-state index is 13.5. The summed E-state index contributed by atoms with van der Waals surface area (Å²) in [6.07, 6.45) is 0. The van der Waals surface area contributed by atoms with E-state index in [1.54, 1.807) is 0 Å². The van der Waals surface area contributed by atoms with Gasteiger partial charge in [0.05, 0.1) is 10.6 Å². The first-order chi connectivity index (χ1) is 10.7. The molecule has 0 aromatic heterocycles. The second-order valence-corrected chi connectivity index (χ2v) is 7.05. The third-order valence-corrected chi connectivity index (χ3v) is 4.87. The van der Waals surface area contributed by atoms with Crippen LogP contribution in [0.4, 0.5) is 14.5 Å². The summed E-state index contributed by atoms with van der Waals surface area (Å²) in [5.41, 5.74) is -0.158. The highest BCUT2D eigenvalue weighted by Crippen LogP contribution is 2.18. The topological polar surface area (TPSA) is 66.5 Å². The Morgan fingerprint density at radius 1 is 1.09 bits per heavy atom. The Hall–Kier alpha value is -2.32. The van der Waals surface area contributed by atoms with Crippen LogP contribution in [0.2, 0.25) is 0 Å². The van der Waals surface area contributed by atoms with Gasteiger partial charge in [0.1, 0.15) is 11.6 Å². The molecule has 0 saturated heterocycles. The number of halogens is 2. The lowest BCUT2D eigenvalue weighted by Gasteiger charge is -2.12. The lowest BCUT2D eigenvalue weighted by molar-refractivity contribution is 0.102. The van der Waals surface area contributed by atoms with Crippen LogP contribution in [0.25, 0.3) is 0 Å². The minimum absolute atomic E-state index is 0.0386. The fourth-order valence-electron chi connectivity index (χ4n) is 1.79. The Morgan fingerprint density at radius 3 is 2.39 bits per heavy atom. The average molecular weight is 340 g/mol. The van der Waals surface area contributed by atoms with E-state index >= 15 is 0 Å². The largest absolute Gasteiger partial charge is 0.319 e. The molecular formula is C15H14F2N2O3S. The first kappa shape index (κ1) is 17.0. The van der Waals surface area contributed by atoms with Crippen LogP contribution in [-0.4, -0.2) is 32.7 Å². The van der Waals surface area contributed by atoms with Gasteiger partial charge in [0.25, 0.3) is 5.91 Å². The van der Waals surface area contributed by atoms with Crippen LogP contribution in [0.15, 0.2) is 47.4 Å². The lowest BCUT2D eigenvalue weighted by Crippen LogP contribution is -2.22. The maximum Gasteiger partial charge on any atom is 0.255 e. The van der Waals surface area contributed by atoms with Crippen LogP contribution in [0, 0.1) is 11.6 Å². The van der Waals surface area contributed by atoms with Crippen LogP contribution in [0.3, 0.4) is 0 Å². The monoisotopic (exact) mass is 340 g/mol. The molecule has 0 radical (unpaired) electrons. The molecule has 2 aromatic rings. The molecule has 0 fully saturated rings. The second-order valence-electron chi connectivity index (χ2n) is 4.89. The van der Waals surface area contributed by atoms with E-state index in [1.165, 1.54) is 38.4 Å². The van der Waals surface area contributed by atoms with Gasteiger partial charge in [-0.3, -0.25) is 4.79 Å². The first-order valence-corrected chi connectivity index (χ1v) is 7.95. The molecule has 8 heteroatoms. The molecule has 1 N–H and O–H groups in total. The molecule has 0 heterocycles. The molecule has 0 aliphatic rings. The lowest BCUT2D eigenvalue weighted by atomic mass is 10.2. The number of benzene rings is 2. The highest BCUT2D eigenvalue weighted by molar-refractivity contribution is 7.89. The highest BCUT2D eigenvalue weighted by Gasteiger charge is 2.19. The van der Waals surface area contributed by atoms with Crippen molar-refractivity contribution < 1.29 is 22.0 Å².